The zero-order valence-electron chi connectivity index (χ0n) is 9.54. The molecule has 1 heterocycles. The monoisotopic (exact) mass is 214 g/mol. The number of terminal acetylenes is 1. The van der Waals surface area contributed by atoms with Gasteiger partial charge in [-0.2, -0.15) is 10.4 Å². The van der Waals surface area contributed by atoms with E-state index in [-0.39, 0.29) is 0 Å². The van der Waals surface area contributed by atoms with Crippen LogP contribution in [-0.2, 0) is 12.8 Å². The smallest absolute Gasteiger partial charge is 0.167 e. The van der Waals surface area contributed by atoms with Crippen LogP contribution in [0.15, 0.2) is 0 Å². The summed E-state index contributed by atoms with van der Waals surface area (Å²) < 4.78 is 0. The SMILES string of the molecule is C#CCNc1nnc(CC)c(CC)c1C#N. The minimum atomic E-state index is 0.345. The molecule has 0 amide bonds. The molecule has 0 aliphatic rings. The van der Waals surface area contributed by atoms with Gasteiger partial charge < -0.3 is 5.32 Å². The van der Waals surface area contributed by atoms with Crippen molar-refractivity contribution in [3.05, 3.63) is 16.8 Å². The molecule has 16 heavy (non-hydrogen) atoms. The van der Waals surface area contributed by atoms with Crippen molar-refractivity contribution in [3.8, 4) is 18.4 Å². The maximum absolute atomic E-state index is 9.14. The molecule has 82 valence electrons. The van der Waals surface area contributed by atoms with Crippen LogP contribution in [-0.4, -0.2) is 16.7 Å². The summed E-state index contributed by atoms with van der Waals surface area (Å²) in [6, 6.07) is 2.17. The molecule has 0 spiro atoms. The molecule has 0 aromatic carbocycles. The molecule has 0 atom stereocenters. The van der Waals surface area contributed by atoms with Crippen molar-refractivity contribution >= 4 is 5.82 Å². The van der Waals surface area contributed by atoms with E-state index in [0.29, 0.717) is 17.9 Å². The quantitative estimate of drug-likeness (QED) is 0.772. The van der Waals surface area contributed by atoms with E-state index in [2.05, 4.69) is 27.5 Å². The van der Waals surface area contributed by atoms with E-state index in [9.17, 15) is 0 Å². The van der Waals surface area contributed by atoms with E-state index in [1.54, 1.807) is 0 Å². The van der Waals surface area contributed by atoms with Gasteiger partial charge in [-0.1, -0.05) is 19.8 Å². The van der Waals surface area contributed by atoms with Gasteiger partial charge in [0.25, 0.3) is 0 Å². The zero-order chi connectivity index (χ0) is 12.0. The number of anilines is 1. The Hall–Kier alpha value is -2.07. The van der Waals surface area contributed by atoms with Crippen molar-refractivity contribution in [1.82, 2.24) is 10.2 Å². The second kappa shape index (κ2) is 5.72. The van der Waals surface area contributed by atoms with Crippen molar-refractivity contribution in [2.24, 2.45) is 0 Å². The van der Waals surface area contributed by atoms with Gasteiger partial charge in [0.05, 0.1) is 12.2 Å². The number of nitriles is 1. The van der Waals surface area contributed by atoms with Crippen molar-refractivity contribution in [2.45, 2.75) is 26.7 Å². The van der Waals surface area contributed by atoms with Crippen LogP contribution in [0.5, 0.6) is 0 Å². The predicted octanol–water partition coefficient (Wildman–Crippen LogP) is 1.52. The van der Waals surface area contributed by atoms with Crippen LogP contribution < -0.4 is 5.32 Å². The summed E-state index contributed by atoms with van der Waals surface area (Å²) >= 11 is 0. The molecule has 0 saturated carbocycles. The van der Waals surface area contributed by atoms with E-state index in [4.69, 9.17) is 11.7 Å². The molecule has 0 radical (unpaired) electrons. The lowest BCUT2D eigenvalue weighted by Crippen LogP contribution is -2.10. The lowest BCUT2D eigenvalue weighted by Gasteiger charge is -2.10. The summed E-state index contributed by atoms with van der Waals surface area (Å²) in [5.41, 5.74) is 2.40. The maximum atomic E-state index is 9.14. The highest BCUT2D eigenvalue weighted by atomic mass is 15.2. The molecular formula is C12H14N4. The Bertz CT molecular complexity index is 451. The third kappa shape index (κ3) is 2.29. The summed E-state index contributed by atoms with van der Waals surface area (Å²) in [5, 5.41) is 20.1. The second-order valence-electron chi connectivity index (χ2n) is 3.23. The Morgan fingerprint density at radius 1 is 1.31 bits per heavy atom. The van der Waals surface area contributed by atoms with Gasteiger partial charge in [0.1, 0.15) is 11.6 Å². The normalized spacial score (nSPS) is 9.25. The number of rotatable bonds is 4. The van der Waals surface area contributed by atoms with Crippen LogP contribution >= 0.6 is 0 Å². The highest BCUT2D eigenvalue weighted by molar-refractivity contribution is 5.56. The van der Waals surface area contributed by atoms with Gasteiger partial charge in [0, 0.05) is 0 Å². The standard InChI is InChI=1S/C12H14N4/c1-4-7-14-12-10(8-13)9(5-2)11(6-3)15-16-12/h1H,5-7H2,2-3H3,(H,14,16). The third-order valence-corrected chi connectivity index (χ3v) is 2.32. The lowest BCUT2D eigenvalue weighted by molar-refractivity contribution is 0.874. The maximum Gasteiger partial charge on any atom is 0.167 e. The fourth-order valence-corrected chi connectivity index (χ4v) is 1.55. The number of hydrogen-bond donors (Lipinski definition) is 1. The molecular weight excluding hydrogens is 200 g/mol. The Morgan fingerprint density at radius 2 is 2.06 bits per heavy atom. The van der Waals surface area contributed by atoms with Crippen molar-refractivity contribution in [3.63, 3.8) is 0 Å². The summed E-state index contributed by atoms with van der Waals surface area (Å²) in [5.74, 6) is 2.93. The highest BCUT2D eigenvalue weighted by Crippen LogP contribution is 2.19. The Balaban J connectivity index is 3.23. The van der Waals surface area contributed by atoms with Gasteiger partial charge in [-0.05, 0) is 18.4 Å². The zero-order valence-corrected chi connectivity index (χ0v) is 9.54. The molecule has 0 unspecified atom stereocenters. The van der Waals surface area contributed by atoms with E-state index in [0.717, 1.165) is 24.1 Å². The molecule has 1 aromatic heterocycles. The largest absolute Gasteiger partial charge is 0.357 e. The number of aryl methyl sites for hydroxylation is 1. The highest BCUT2D eigenvalue weighted by Gasteiger charge is 2.13. The minimum absolute atomic E-state index is 0.345. The molecule has 1 aromatic rings. The van der Waals surface area contributed by atoms with Gasteiger partial charge in [0.2, 0.25) is 0 Å². The summed E-state index contributed by atoms with van der Waals surface area (Å²) in [4.78, 5) is 0. The molecule has 0 fully saturated rings. The molecule has 1 N–H and O–H groups in total. The van der Waals surface area contributed by atoms with E-state index in [1.165, 1.54) is 0 Å². The molecule has 0 aliphatic heterocycles. The fourth-order valence-electron chi connectivity index (χ4n) is 1.55. The van der Waals surface area contributed by atoms with Crippen LogP contribution in [0.3, 0.4) is 0 Å². The average molecular weight is 214 g/mol. The topological polar surface area (TPSA) is 61.6 Å². The molecule has 1 rings (SSSR count). The van der Waals surface area contributed by atoms with Crippen LogP contribution in [0.1, 0.15) is 30.7 Å². The van der Waals surface area contributed by atoms with E-state index in [1.807, 2.05) is 13.8 Å². The number of hydrogen-bond acceptors (Lipinski definition) is 4. The van der Waals surface area contributed by atoms with Crippen molar-refractivity contribution < 1.29 is 0 Å². The number of aromatic nitrogens is 2. The average Bonchev–Trinajstić information content (AvgIpc) is 2.34. The molecule has 4 heteroatoms. The van der Waals surface area contributed by atoms with Crippen LogP contribution in [0, 0.1) is 23.7 Å². The molecule has 0 bridgehead atoms. The first kappa shape index (κ1) is 12.0. The Labute approximate surface area is 95.7 Å². The van der Waals surface area contributed by atoms with Crippen LogP contribution in [0.4, 0.5) is 5.82 Å². The number of nitrogens with zero attached hydrogens (tertiary/aromatic N) is 3. The fraction of sp³-hybridized carbons (Fsp3) is 0.417. The van der Waals surface area contributed by atoms with Crippen LogP contribution in [0.2, 0.25) is 0 Å². The molecule has 0 saturated heterocycles. The number of nitrogens with one attached hydrogen (secondary N) is 1. The van der Waals surface area contributed by atoms with Crippen molar-refractivity contribution in [1.29, 1.82) is 5.26 Å². The first-order valence-electron chi connectivity index (χ1n) is 5.24. The van der Waals surface area contributed by atoms with Gasteiger partial charge >= 0.3 is 0 Å². The second-order valence-corrected chi connectivity index (χ2v) is 3.23. The first-order chi connectivity index (χ1) is 7.78. The summed E-state index contributed by atoms with van der Waals surface area (Å²) in [6.07, 6.45) is 6.70. The van der Waals surface area contributed by atoms with E-state index >= 15 is 0 Å². The molecule has 0 aliphatic carbocycles. The van der Waals surface area contributed by atoms with Crippen LogP contribution in [0.25, 0.3) is 0 Å². The summed E-state index contributed by atoms with van der Waals surface area (Å²) in [7, 11) is 0. The van der Waals surface area contributed by atoms with Crippen molar-refractivity contribution in [2.75, 3.05) is 11.9 Å². The van der Waals surface area contributed by atoms with Gasteiger partial charge in [0.15, 0.2) is 5.82 Å². The third-order valence-electron chi connectivity index (χ3n) is 2.32. The first-order valence-corrected chi connectivity index (χ1v) is 5.24. The minimum Gasteiger partial charge on any atom is -0.357 e. The van der Waals surface area contributed by atoms with E-state index < -0.39 is 0 Å². The lowest BCUT2D eigenvalue weighted by atomic mass is 10.0. The Kier molecular flexibility index (Phi) is 4.29. The van der Waals surface area contributed by atoms with Gasteiger partial charge in [-0.15, -0.1) is 11.5 Å². The predicted molar refractivity (Wildman–Crippen MR) is 62.8 cm³/mol. The van der Waals surface area contributed by atoms with Gasteiger partial charge in [-0.3, -0.25) is 0 Å². The van der Waals surface area contributed by atoms with Gasteiger partial charge in [-0.25, -0.2) is 0 Å². The summed E-state index contributed by atoms with van der Waals surface area (Å²) in [6.45, 7) is 4.35. The molecule has 4 nitrogen and oxygen atoms in total. The Morgan fingerprint density at radius 3 is 2.56 bits per heavy atom.